The molecule has 9 nitrogen and oxygen atoms in total. The third-order valence-corrected chi connectivity index (χ3v) is 6.45. The average molecular weight is 392 g/mol. The highest BCUT2D eigenvalue weighted by Crippen LogP contribution is 2.25. The molecule has 0 amide bonds. The van der Waals surface area contributed by atoms with Crippen LogP contribution >= 0.6 is 0 Å². The summed E-state index contributed by atoms with van der Waals surface area (Å²) in [5.74, 6) is -0.896. The van der Waals surface area contributed by atoms with Crippen LogP contribution in [0.25, 0.3) is 16.9 Å². The summed E-state index contributed by atoms with van der Waals surface area (Å²) < 4.78 is 42.8. The van der Waals surface area contributed by atoms with Crippen molar-refractivity contribution in [3.05, 3.63) is 40.7 Å². The van der Waals surface area contributed by atoms with Crippen LogP contribution < -0.4 is 11.3 Å². The summed E-state index contributed by atoms with van der Waals surface area (Å²) in [5, 5.41) is 0. The molecule has 1 aliphatic rings. The third kappa shape index (κ3) is 2.98. The van der Waals surface area contributed by atoms with Gasteiger partial charge in [0.15, 0.2) is 11.2 Å². The highest BCUT2D eigenvalue weighted by atomic mass is 32.2. The predicted molar refractivity (Wildman–Crippen MR) is 96.5 cm³/mol. The van der Waals surface area contributed by atoms with E-state index in [0.717, 1.165) is 25.3 Å². The maximum absolute atomic E-state index is 14.8. The van der Waals surface area contributed by atoms with Crippen LogP contribution in [0.5, 0.6) is 0 Å². The third-order valence-electron chi connectivity index (χ3n) is 4.56. The van der Waals surface area contributed by atoms with Gasteiger partial charge in [0, 0.05) is 13.1 Å². The van der Waals surface area contributed by atoms with Gasteiger partial charge in [0.2, 0.25) is 16.0 Å². The Morgan fingerprint density at radius 1 is 1.19 bits per heavy atom. The number of halogens is 1. The van der Waals surface area contributed by atoms with E-state index in [1.54, 1.807) is 0 Å². The van der Waals surface area contributed by atoms with Crippen molar-refractivity contribution < 1.29 is 12.8 Å². The number of nitrogens with zero attached hydrogens (tertiary/aromatic N) is 4. The van der Waals surface area contributed by atoms with Crippen molar-refractivity contribution in [3.8, 4) is 5.69 Å². The summed E-state index contributed by atoms with van der Waals surface area (Å²) in [5.41, 5.74) is 5.12. The Bertz CT molecular complexity index is 1180. The number of hydrogen-bond donors (Lipinski definition) is 2. The highest BCUT2D eigenvalue weighted by molar-refractivity contribution is 7.89. The lowest BCUT2D eigenvalue weighted by Gasteiger charge is -2.26. The van der Waals surface area contributed by atoms with Gasteiger partial charge >= 0.3 is 0 Å². The van der Waals surface area contributed by atoms with Gasteiger partial charge in [-0.3, -0.25) is 14.3 Å². The minimum Gasteiger partial charge on any atom is -0.369 e. The second kappa shape index (κ2) is 6.43. The van der Waals surface area contributed by atoms with Crippen LogP contribution in [0.15, 0.2) is 34.2 Å². The first-order valence-electron chi connectivity index (χ1n) is 8.41. The summed E-state index contributed by atoms with van der Waals surface area (Å²) in [7, 11) is -3.75. The van der Waals surface area contributed by atoms with Crippen LogP contribution in [0.3, 0.4) is 0 Å². The van der Waals surface area contributed by atoms with Crippen LogP contribution in [0.4, 0.5) is 10.3 Å². The molecule has 2 aromatic heterocycles. The molecule has 0 aliphatic carbocycles. The van der Waals surface area contributed by atoms with Gasteiger partial charge in [-0.05, 0) is 31.0 Å². The number of sulfonamides is 1. The molecule has 142 valence electrons. The maximum atomic E-state index is 14.8. The minimum absolute atomic E-state index is 0.00798. The van der Waals surface area contributed by atoms with E-state index < -0.39 is 21.4 Å². The first-order chi connectivity index (χ1) is 12.9. The first-order valence-corrected chi connectivity index (χ1v) is 9.85. The van der Waals surface area contributed by atoms with E-state index in [9.17, 15) is 17.6 Å². The lowest BCUT2D eigenvalue weighted by atomic mass is 10.2. The van der Waals surface area contributed by atoms with E-state index in [2.05, 4.69) is 15.0 Å². The van der Waals surface area contributed by atoms with E-state index in [1.165, 1.54) is 27.3 Å². The molecule has 0 radical (unpaired) electrons. The lowest BCUT2D eigenvalue weighted by molar-refractivity contribution is 0.346. The number of aromatic nitrogens is 4. The van der Waals surface area contributed by atoms with Gasteiger partial charge in [0.25, 0.3) is 5.56 Å². The molecule has 27 heavy (non-hydrogen) atoms. The van der Waals surface area contributed by atoms with Crippen LogP contribution in [0.2, 0.25) is 0 Å². The summed E-state index contributed by atoms with van der Waals surface area (Å²) in [6, 6.07) is 3.64. The van der Waals surface area contributed by atoms with Crippen molar-refractivity contribution in [2.24, 2.45) is 0 Å². The van der Waals surface area contributed by atoms with Crippen molar-refractivity contribution in [3.63, 3.8) is 0 Å². The van der Waals surface area contributed by atoms with Gasteiger partial charge in [0.05, 0.1) is 10.6 Å². The molecule has 1 aliphatic heterocycles. The Morgan fingerprint density at radius 3 is 2.63 bits per heavy atom. The van der Waals surface area contributed by atoms with Crippen LogP contribution in [0, 0.1) is 5.82 Å². The molecule has 0 saturated carbocycles. The number of hydrogen-bond acceptors (Lipinski definition) is 6. The SMILES string of the molecule is Nc1nc2c(ncn2-c2ccc(S(=O)(=O)N3CCCCC3)cc2F)c(=O)[nH]1. The van der Waals surface area contributed by atoms with Crippen molar-refractivity contribution in [2.45, 2.75) is 24.2 Å². The summed E-state index contributed by atoms with van der Waals surface area (Å²) in [6.07, 6.45) is 3.82. The van der Waals surface area contributed by atoms with Gasteiger partial charge in [-0.15, -0.1) is 0 Å². The van der Waals surface area contributed by atoms with Gasteiger partial charge in [0.1, 0.15) is 12.1 Å². The number of piperidine rings is 1. The Labute approximate surface area is 153 Å². The molecule has 1 fully saturated rings. The van der Waals surface area contributed by atoms with Crippen LogP contribution in [0.1, 0.15) is 19.3 Å². The fourth-order valence-corrected chi connectivity index (χ4v) is 4.73. The van der Waals surface area contributed by atoms with Crippen molar-refractivity contribution in [1.29, 1.82) is 0 Å². The Balaban J connectivity index is 1.78. The predicted octanol–water partition coefficient (Wildman–Crippen LogP) is 1.00. The number of benzene rings is 1. The van der Waals surface area contributed by atoms with E-state index in [4.69, 9.17) is 5.73 Å². The van der Waals surface area contributed by atoms with Gasteiger partial charge in [-0.25, -0.2) is 17.8 Å². The maximum Gasteiger partial charge on any atom is 0.280 e. The number of nitrogens with two attached hydrogens (primary N) is 1. The molecule has 1 aromatic carbocycles. The summed E-state index contributed by atoms with van der Waals surface area (Å²) in [4.78, 5) is 22.0. The second-order valence-electron chi connectivity index (χ2n) is 6.32. The molecule has 4 rings (SSSR count). The Kier molecular flexibility index (Phi) is 4.19. The molecule has 3 heterocycles. The molecule has 0 spiro atoms. The fourth-order valence-electron chi connectivity index (χ4n) is 3.20. The smallest absolute Gasteiger partial charge is 0.280 e. The number of imidazole rings is 1. The highest BCUT2D eigenvalue weighted by Gasteiger charge is 2.27. The molecule has 3 aromatic rings. The quantitative estimate of drug-likeness (QED) is 0.685. The number of aromatic amines is 1. The summed E-state index contributed by atoms with van der Waals surface area (Å²) >= 11 is 0. The van der Waals surface area contributed by atoms with Crippen molar-refractivity contribution >= 4 is 27.1 Å². The molecule has 0 bridgehead atoms. The zero-order valence-corrected chi connectivity index (χ0v) is 15.0. The molecular weight excluding hydrogens is 375 g/mol. The Hall–Kier alpha value is -2.79. The van der Waals surface area contributed by atoms with Gasteiger partial charge in [-0.1, -0.05) is 6.42 Å². The van der Waals surface area contributed by atoms with E-state index in [1.807, 2.05) is 0 Å². The number of fused-ring (bicyclic) bond motifs is 1. The van der Waals surface area contributed by atoms with E-state index in [0.29, 0.717) is 13.1 Å². The van der Waals surface area contributed by atoms with Crippen molar-refractivity contribution in [2.75, 3.05) is 18.8 Å². The fraction of sp³-hybridized carbons (Fsp3) is 0.312. The molecule has 3 N–H and O–H groups in total. The Morgan fingerprint density at radius 2 is 1.93 bits per heavy atom. The van der Waals surface area contributed by atoms with E-state index >= 15 is 0 Å². The second-order valence-corrected chi connectivity index (χ2v) is 8.25. The molecule has 11 heteroatoms. The molecular formula is C16H17FN6O3S. The average Bonchev–Trinajstić information content (AvgIpc) is 3.06. The summed E-state index contributed by atoms with van der Waals surface area (Å²) in [6.45, 7) is 0.869. The number of rotatable bonds is 3. The number of anilines is 1. The van der Waals surface area contributed by atoms with Crippen LogP contribution in [-0.4, -0.2) is 45.3 Å². The number of nitrogen functional groups attached to an aromatic ring is 1. The normalized spacial score (nSPS) is 16.0. The van der Waals surface area contributed by atoms with Crippen molar-refractivity contribution in [1.82, 2.24) is 23.8 Å². The standard InChI is InChI=1S/C16H17FN6O3S/c17-11-8-10(27(25,26)22-6-2-1-3-7-22)4-5-12(11)23-9-19-13-14(23)20-16(18)21-15(13)24/h4-5,8-9H,1-3,6-7H2,(H3,18,20,21,24). The molecule has 1 saturated heterocycles. The molecule has 0 atom stereocenters. The minimum atomic E-state index is -3.75. The molecule has 0 unspecified atom stereocenters. The lowest BCUT2D eigenvalue weighted by Crippen LogP contribution is -2.35. The zero-order chi connectivity index (χ0) is 19.2. The largest absolute Gasteiger partial charge is 0.369 e. The van der Waals surface area contributed by atoms with E-state index in [-0.39, 0.29) is 27.7 Å². The number of nitrogens with one attached hydrogen (secondary N) is 1. The zero-order valence-electron chi connectivity index (χ0n) is 14.2. The van der Waals surface area contributed by atoms with Gasteiger partial charge in [-0.2, -0.15) is 9.29 Å². The number of H-pyrrole nitrogens is 1. The van der Waals surface area contributed by atoms with Gasteiger partial charge < -0.3 is 5.73 Å². The topological polar surface area (TPSA) is 127 Å². The first kappa shape index (κ1) is 17.6. The monoisotopic (exact) mass is 392 g/mol. The van der Waals surface area contributed by atoms with Crippen LogP contribution in [-0.2, 0) is 10.0 Å².